The molecule has 0 bridgehead atoms. The van der Waals surface area contributed by atoms with Crippen molar-refractivity contribution in [2.24, 2.45) is 0 Å². The Kier molecular flexibility index (Phi) is 3.78. The molecule has 1 aromatic rings. The fourth-order valence-electron chi connectivity index (χ4n) is 0.921. The lowest BCUT2D eigenvalue weighted by atomic mass is 10.1. The molecule has 0 unspecified atom stereocenters. The van der Waals surface area contributed by atoms with Crippen molar-refractivity contribution in [3.05, 3.63) is 26.9 Å². The molecule has 0 aromatic carbocycles. The van der Waals surface area contributed by atoms with Crippen molar-refractivity contribution in [2.45, 2.75) is 12.8 Å². The standard InChI is InChI=1S/C8H4BrClF2N2/c9-7-5(10)3-4(8(11)12)6(14-7)1-2-13/h3,8H,1H2. The number of aromatic nitrogens is 1. The third-order valence-electron chi connectivity index (χ3n) is 1.53. The monoisotopic (exact) mass is 280 g/mol. The second-order valence-corrected chi connectivity index (χ2v) is 3.59. The number of pyridine rings is 1. The van der Waals surface area contributed by atoms with E-state index in [0.717, 1.165) is 6.07 Å². The Balaban J connectivity index is 3.25. The largest absolute Gasteiger partial charge is 0.265 e. The summed E-state index contributed by atoms with van der Waals surface area (Å²) in [7, 11) is 0. The van der Waals surface area contributed by atoms with E-state index in [1.54, 1.807) is 6.07 Å². The highest BCUT2D eigenvalue weighted by atomic mass is 79.9. The molecule has 0 fully saturated rings. The van der Waals surface area contributed by atoms with E-state index < -0.39 is 6.43 Å². The predicted octanol–water partition coefficient (Wildman–Crippen LogP) is 3.50. The van der Waals surface area contributed by atoms with Gasteiger partial charge in [0.2, 0.25) is 0 Å². The van der Waals surface area contributed by atoms with Crippen LogP contribution in [0.15, 0.2) is 10.7 Å². The summed E-state index contributed by atoms with van der Waals surface area (Å²) in [5.41, 5.74) is -0.237. The first-order valence-corrected chi connectivity index (χ1v) is 4.73. The third kappa shape index (κ3) is 2.40. The second kappa shape index (κ2) is 4.67. The van der Waals surface area contributed by atoms with Crippen LogP contribution in [-0.4, -0.2) is 4.98 Å². The van der Waals surface area contributed by atoms with E-state index in [1.165, 1.54) is 0 Å². The zero-order chi connectivity index (χ0) is 10.7. The van der Waals surface area contributed by atoms with Crippen LogP contribution in [0.4, 0.5) is 8.78 Å². The summed E-state index contributed by atoms with van der Waals surface area (Å²) in [6.45, 7) is 0. The number of hydrogen-bond acceptors (Lipinski definition) is 2. The molecule has 74 valence electrons. The van der Waals surface area contributed by atoms with Crippen molar-refractivity contribution >= 4 is 27.5 Å². The number of nitriles is 1. The summed E-state index contributed by atoms with van der Waals surface area (Å²) in [6.07, 6.45) is -2.83. The first-order valence-electron chi connectivity index (χ1n) is 3.56. The Hall–Kier alpha value is -0.730. The van der Waals surface area contributed by atoms with Crippen LogP contribution >= 0.6 is 27.5 Å². The van der Waals surface area contributed by atoms with Gasteiger partial charge in [-0.25, -0.2) is 13.8 Å². The maximum Gasteiger partial charge on any atom is 0.265 e. The quantitative estimate of drug-likeness (QED) is 0.778. The topological polar surface area (TPSA) is 36.7 Å². The van der Waals surface area contributed by atoms with Crippen LogP contribution in [0.2, 0.25) is 5.02 Å². The minimum absolute atomic E-state index is 0.0544. The Labute approximate surface area is 92.6 Å². The summed E-state index contributed by atoms with van der Waals surface area (Å²) in [5.74, 6) is 0. The molecule has 6 heteroatoms. The van der Waals surface area contributed by atoms with E-state index in [4.69, 9.17) is 16.9 Å². The Morgan fingerprint density at radius 2 is 2.29 bits per heavy atom. The fraction of sp³-hybridized carbons (Fsp3) is 0.250. The number of alkyl halides is 2. The van der Waals surface area contributed by atoms with Crippen LogP contribution in [-0.2, 0) is 6.42 Å². The van der Waals surface area contributed by atoms with E-state index in [1.807, 2.05) is 0 Å². The van der Waals surface area contributed by atoms with E-state index in [2.05, 4.69) is 20.9 Å². The van der Waals surface area contributed by atoms with Gasteiger partial charge in [-0.3, -0.25) is 0 Å². The smallest absolute Gasteiger partial charge is 0.243 e. The average molecular weight is 281 g/mol. The molecule has 0 aliphatic carbocycles. The normalized spacial score (nSPS) is 10.3. The molecule has 0 spiro atoms. The Morgan fingerprint density at radius 1 is 1.64 bits per heavy atom. The minimum Gasteiger partial charge on any atom is -0.243 e. The van der Waals surface area contributed by atoms with E-state index >= 15 is 0 Å². The van der Waals surface area contributed by atoms with Gasteiger partial charge in [-0.05, 0) is 22.0 Å². The first kappa shape index (κ1) is 11.3. The van der Waals surface area contributed by atoms with E-state index in [-0.39, 0.29) is 27.3 Å². The van der Waals surface area contributed by atoms with Gasteiger partial charge in [0.25, 0.3) is 6.43 Å². The van der Waals surface area contributed by atoms with Crippen LogP contribution in [0.25, 0.3) is 0 Å². The fourth-order valence-corrected chi connectivity index (χ4v) is 1.41. The Morgan fingerprint density at radius 3 is 2.79 bits per heavy atom. The zero-order valence-corrected chi connectivity index (χ0v) is 9.11. The molecule has 0 aliphatic heterocycles. The van der Waals surface area contributed by atoms with Gasteiger partial charge in [0, 0.05) is 5.56 Å². The summed E-state index contributed by atoms with van der Waals surface area (Å²) in [5, 5.41) is 8.52. The summed E-state index contributed by atoms with van der Waals surface area (Å²) in [6, 6.07) is 2.89. The SMILES string of the molecule is N#CCc1nc(Br)c(Cl)cc1C(F)F. The summed E-state index contributed by atoms with van der Waals surface area (Å²) < 4.78 is 25.2. The molecule has 14 heavy (non-hydrogen) atoms. The van der Waals surface area contributed by atoms with Crippen molar-refractivity contribution in [3.8, 4) is 6.07 Å². The molecule has 0 amide bonds. The first-order chi connectivity index (χ1) is 6.56. The maximum absolute atomic E-state index is 12.4. The average Bonchev–Trinajstić information content (AvgIpc) is 2.11. The summed E-state index contributed by atoms with van der Waals surface area (Å²) >= 11 is 8.61. The number of nitrogens with zero attached hydrogens (tertiary/aromatic N) is 2. The van der Waals surface area contributed by atoms with Crippen LogP contribution in [0.3, 0.4) is 0 Å². The lowest BCUT2D eigenvalue weighted by molar-refractivity contribution is 0.150. The molecule has 1 rings (SSSR count). The molecule has 0 aliphatic rings. The molecule has 1 aromatic heterocycles. The van der Waals surface area contributed by atoms with Gasteiger partial charge in [-0.2, -0.15) is 5.26 Å². The molecule has 0 radical (unpaired) electrons. The van der Waals surface area contributed by atoms with Crippen molar-refractivity contribution < 1.29 is 8.78 Å². The van der Waals surface area contributed by atoms with Crippen LogP contribution in [0.1, 0.15) is 17.7 Å². The Bertz CT molecular complexity index is 390. The lowest BCUT2D eigenvalue weighted by Crippen LogP contribution is -1.98. The van der Waals surface area contributed by atoms with Crippen LogP contribution in [0.5, 0.6) is 0 Å². The second-order valence-electron chi connectivity index (χ2n) is 2.43. The van der Waals surface area contributed by atoms with Gasteiger partial charge in [0.1, 0.15) is 4.60 Å². The highest BCUT2D eigenvalue weighted by molar-refractivity contribution is 9.10. The molecule has 0 N–H and O–H groups in total. The van der Waals surface area contributed by atoms with Crippen LogP contribution < -0.4 is 0 Å². The highest BCUT2D eigenvalue weighted by Gasteiger charge is 2.16. The van der Waals surface area contributed by atoms with Crippen molar-refractivity contribution in [3.63, 3.8) is 0 Å². The molecular formula is C8H4BrClF2N2. The molecule has 0 saturated heterocycles. The van der Waals surface area contributed by atoms with Crippen molar-refractivity contribution in [2.75, 3.05) is 0 Å². The highest BCUT2D eigenvalue weighted by Crippen LogP contribution is 2.29. The number of halogens is 4. The van der Waals surface area contributed by atoms with Crippen molar-refractivity contribution in [1.82, 2.24) is 4.98 Å². The van der Waals surface area contributed by atoms with Crippen molar-refractivity contribution in [1.29, 1.82) is 5.26 Å². The summed E-state index contributed by atoms with van der Waals surface area (Å²) in [4.78, 5) is 3.77. The van der Waals surface area contributed by atoms with E-state index in [0.29, 0.717) is 0 Å². The third-order valence-corrected chi connectivity index (χ3v) is 2.65. The van der Waals surface area contributed by atoms with Gasteiger partial charge in [0.05, 0.1) is 23.2 Å². The molecule has 0 atom stereocenters. The molecule has 1 heterocycles. The molecule has 2 nitrogen and oxygen atoms in total. The van der Waals surface area contributed by atoms with Gasteiger partial charge < -0.3 is 0 Å². The van der Waals surface area contributed by atoms with Crippen LogP contribution in [0, 0.1) is 11.3 Å². The van der Waals surface area contributed by atoms with Gasteiger partial charge in [0.15, 0.2) is 0 Å². The van der Waals surface area contributed by atoms with E-state index in [9.17, 15) is 8.78 Å². The maximum atomic E-state index is 12.4. The zero-order valence-electron chi connectivity index (χ0n) is 6.77. The van der Waals surface area contributed by atoms with Gasteiger partial charge in [-0.1, -0.05) is 11.6 Å². The van der Waals surface area contributed by atoms with Gasteiger partial charge in [-0.15, -0.1) is 0 Å². The lowest BCUT2D eigenvalue weighted by Gasteiger charge is -2.06. The minimum atomic E-state index is -2.67. The molecule has 0 saturated carbocycles. The predicted molar refractivity (Wildman–Crippen MR) is 51.2 cm³/mol. The number of hydrogen-bond donors (Lipinski definition) is 0. The number of rotatable bonds is 2. The van der Waals surface area contributed by atoms with Gasteiger partial charge >= 0.3 is 0 Å². The molecular weight excluding hydrogens is 277 g/mol.